The van der Waals surface area contributed by atoms with E-state index in [1.807, 2.05) is 0 Å². The number of nitrogens with zero attached hydrogens (tertiary/aromatic N) is 4. The van der Waals surface area contributed by atoms with Crippen LogP contribution in [-0.2, 0) is 16.1 Å². The van der Waals surface area contributed by atoms with E-state index in [9.17, 15) is 24.8 Å². The maximum atomic E-state index is 13.0. The molecule has 0 spiro atoms. The van der Waals surface area contributed by atoms with Gasteiger partial charge in [0.2, 0.25) is 0 Å². The Morgan fingerprint density at radius 2 is 1.68 bits per heavy atom. The highest BCUT2D eigenvalue weighted by Crippen LogP contribution is 2.40. The molecule has 0 aliphatic carbocycles. The summed E-state index contributed by atoms with van der Waals surface area (Å²) in [5.74, 6) is -2.11. The molecule has 1 unspecified atom stereocenters. The average Bonchev–Trinajstić information content (AvgIpc) is 3.05. The number of carbonyl (C=O) groups excluding carboxylic acids is 2. The number of Topliss-reactive ketones (excluding diaryl/α,β-unsaturated/α-hetero) is 1. The number of aliphatic hydroxyl groups is 1. The fourth-order valence-corrected chi connectivity index (χ4v) is 3.54. The molecule has 1 fully saturated rings. The minimum absolute atomic E-state index is 0.0789. The fraction of sp³-hybridized carbons (Fsp3) is 0.0909. The van der Waals surface area contributed by atoms with Gasteiger partial charge in [0.1, 0.15) is 5.76 Å². The Hall–Kier alpha value is -4.40. The third-order valence-electron chi connectivity index (χ3n) is 4.99. The smallest absolute Gasteiger partial charge is 0.295 e. The van der Waals surface area contributed by atoms with E-state index in [0.29, 0.717) is 5.56 Å². The summed E-state index contributed by atoms with van der Waals surface area (Å²) < 4.78 is 0. The molecule has 3 heterocycles. The summed E-state index contributed by atoms with van der Waals surface area (Å²) in [6, 6.07) is 11.2. The van der Waals surface area contributed by atoms with Gasteiger partial charge in [-0.2, -0.15) is 0 Å². The molecule has 0 saturated carbocycles. The van der Waals surface area contributed by atoms with Crippen molar-refractivity contribution >= 4 is 23.1 Å². The van der Waals surface area contributed by atoms with Gasteiger partial charge in [-0.25, -0.2) is 0 Å². The van der Waals surface area contributed by atoms with Crippen molar-refractivity contribution in [2.24, 2.45) is 0 Å². The van der Waals surface area contributed by atoms with Gasteiger partial charge in [0.25, 0.3) is 17.4 Å². The van der Waals surface area contributed by atoms with E-state index in [1.165, 1.54) is 35.5 Å². The van der Waals surface area contributed by atoms with Crippen LogP contribution in [0.1, 0.15) is 22.7 Å². The molecule has 2 aromatic heterocycles. The van der Waals surface area contributed by atoms with Crippen molar-refractivity contribution < 1.29 is 19.6 Å². The molecule has 1 amide bonds. The number of hydrogen-bond acceptors (Lipinski definition) is 7. The Morgan fingerprint density at radius 1 is 1.03 bits per heavy atom. The number of amides is 1. The largest absolute Gasteiger partial charge is 0.507 e. The van der Waals surface area contributed by atoms with Crippen LogP contribution in [-0.4, -0.2) is 36.6 Å². The molecule has 1 aromatic carbocycles. The summed E-state index contributed by atoms with van der Waals surface area (Å²) in [6.45, 7) is 0.117. The Balaban J connectivity index is 1.86. The summed E-state index contributed by atoms with van der Waals surface area (Å²) >= 11 is 0. The lowest BCUT2D eigenvalue weighted by Gasteiger charge is -2.25. The van der Waals surface area contributed by atoms with Crippen LogP contribution < -0.4 is 0 Å². The number of non-ortho nitro benzene ring substituents is 1. The molecular weight excluding hydrogens is 400 g/mol. The first-order valence-corrected chi connectivity index (χ1v) is 9.29. The van der Waals surface area contributed by atoms with Crippen LogP contribution >= 0.6 is 0 Å². The summed E-state index contributed by atoms with van der Waals surface area (Å²) in [5, 5.41) is 22.1. The first-order chi connectivity index (χ1) is 15.0. The number of likely N-dealkylation sites (tertiary alicyclic amines) is 1. The maximum absolute atomic E-state index is 13.0. The van der Waals surface area contributed by atoms with Gasteiger partial charge in [-0.1, -0.05) is 12.1 Å². The van der Waals surface area contributed by atoms with E-state index in [4.69, 9.17) is 0 Å². The molecule has 0 bridgehead atoms. The van der Waals surface area contributed by atoms with Crippen molar-refractivity contribution in [1.82, 2.24) is 14.9 Å². The highest BCUT2D eigenvalue weighted by atomic mass is 16.6. The van der Waals surface area contributed by atoms with Crippen LogP contribution in [0.4, 0.5) is 5.69 Å². The molecule has 1 aliphatic rings. The Bertz CT molecular complexity index is 1190. The lowest BCUT2D eigenvalue weighted by molar-refractivity contribution is -0.384. The summed E-state index contributed by atoms with van der Waals surface area (Å²) in [5.41, 5.74) is 1.04. The molecule has 0 radical (unpaired) electrons. The van der Waals surface area contributed by atoms with E-state index >= 15 is 0 Å². The van der Waals surface area contributed by atoms with Gasteiger partial charge in [0.05, 0.1) is 16.5 Å². The quantitative estimate of drug-likeness (QED) is 0.223. The van der Waals surface area contributed by atoms with E-state index < -0.39 is 28.4 Å². The number of pyridine rings is 2. The van der Waals surface area contributed by atoms with Gasteiger partial charge in [0, 0.05) is 49.0 Å². The number of hydrogen-bond donors (Lipinski definition) is 1. The topological polar surface area (TPSA) is 127 Å². The molecule has 1 saturated heterocycles. The highest BCUT2D eigenvalue weighted by molar-refractivity contribution is 6.46. The summed E-state index contributed by atoms with van der Waals surface area (Å²) in [7, 11) is 0. The van der Waals surface area contributed by atoms with Crippen molar-refractivity contribution in [2.75, 3.05) is 0 Å². The normalized spacial score (nSPS) is 17.7. The Labute approximate surface area is 176 Å². The monoisotopic (exact) mass is 416 g/mol. The molecule has 1 aliphatic heterocycles. The first kappa shape index (κ1) is 19.9. The number of ketones is 1. The number of aliphatic hydroxyl groups excluding tert-OH is 1. The second-order valence-electron chi connectivity index (χ2n) is 6.87. The van der Waals surface area contributed by atoms with Crippen molar-refractivity contribution in [3.63, 3.8) is 0 Å². The minimum atomic E-state index is -0.879. The van der Waals surface area contributed by atoms with Crippen LogP contribution in [0.2, 0.25) is 0 Å². The zero-order chi connectivity index (χ0) is 22.0. The van der Waals surface area contributed by atoms with Crippen LogP contribution in [0.3, 0.4) is 0 Å². The molecular formula is C22H16N4O5. The standard InChI is InChI=1S/C22H16N4O5/c27-20(16-2-1-3-17(12-16)26(30)31)18-19(15-6-10-24-11-7-15)25(22(29)21(18)28)13-14-4-8-23-9-5-14/h1-12,19,27H,13H2/b20-18-. The molecule has 9 nitrogen and oxygen atoms in total. The third-order valence-corrected chi connectivity index (χ3v) is 4.99. The van der Waals surface area contributed by atoms with Gasteiger partial charge in [-0.05, 0) is 35.4 Å². The summed E-state index contributed by atoms with van der Waals surface area (Å²) in [6.07, 6.45) is 6.21. The molecule has 1 atom stereocenters. The van der Waals surface area contributed by atoms with Gasteiger partial charge in [-0.15, -0.1) is 0 Å². The minimum Gasteiger partial charge on any atom is -0.507 e. The summed E-state index contributed by atoms with van der Waals surface area (Å²) in [4.78, 5) is 45.7. The van der Waals surface area contributed by atoms with E-state index in [-0.39, 0.29) is 23.4 Å². The Kier molecular flexibility index (Phi) is 5.23. The van der Waals surface area contributed by atoms with Gasteiger partial charge >= 0.3 is 0 Å². The lowest BCUT2D eigenvalue weighted by atomic mass is 9.95. The number of nitro groups is 1. The predicted octanol–water partition coefficient (Wildman–Crippen LogP) is 3.01. The van der Waals surface area contributed by atoms with E-state index in [1.54, 1.807) is 36.7 Å². The molecule has 9 heteroatoms. The van der Waals surface area contributed by atoms with E-state index in [0.717, 1.165) is 11.6 Å². The van der Waals surface area contributed by atoms with Gasteiger partial charge < -0.3 is 10.0 Å². The third kappa shape index (κ3) is 3.76. The molecule has 154 valence electrons. The number of rotatable bonds is 5. The maximum Gasteiger partial charge on any atom is 0.295 e. The van der Waals surface area contributed by atoms with Crippen molar-refractivity contribution in [3.05, 3.63) is 106 Å². The second-order valence-corrected chi connectivity index (χ2v) is 6.87. The number of nitro benzene ring substituents is 1. The van der Waals surface area contributed by atoms with Crippen molar-refractivity contribution in [2.45, 2.75) is 12.6 Å². The highest BCUT2D eigenvalue weighted by Gasteiger charge is 2.46. The van der Waals surface area contributed by atoms with Crippen LogP contribution in [0.15, 0.2) is 78.9 Å². The van der Waals surface area contributed by atoms with Crippen LogP contribution in [0.5, 0.6) is 0 Å². The number of aromatic nitrogens is 2. The van der Waals surface area contributed by atoms with Gasteiger partial charge in [0.15, 0.2) is 0 Å². The zero-order valence-electron chi connectivity index (χ0n) is 16.1. The predicted molar refractivity (Wildman–Crippen MR) is 109 cm³/mol. The number of benzene rings is 1. The number of carbonyl (C=O) groups is 2. The van der Waals surface area contributed by atoms with Crippen LogP contribution in [0, 0.1) is 10.1 Å². The Morgan fingerprint density at radius 3 is 2.32 bits per heavy atom. The molecule has 1 N–H and O–H groups in total. The van der Waals surface area contributed by atoms with Crippen LogP contribution in [0.25, 0.3) is 5.76 Å². The fourth-order valence-electron chi connectivity index (χ4n) is 3.54. The lowest BCUT2D eigenvalue weighted by Crippen LogP contribution is -2.29. The molecule has 3 aromatic rings. The van der Waals surface area contributed by atoms with Crippen molar-refractivity contribution in [1.29, 1.82) is 0 Å². The van der Waals surface area contributed by atoms with E-state index in [2.05, 4.69) is 9.97 Å². The van der Waals surface area contributed by atoms with Gasteiger partial charge in [-0.3, -0.25) is 29.7 Å². The van der Waals surface area contributed by atoms with Crippen molar-refractivity contribution in [3.8, 4) is 0 Å². The molecule has 31 heavy (non-hydrogen) atoms. The average molecular weight is 416 g/mol. The molecule has 4 rings (SSSR count). The second kappa shape index (κ2) is 8.15. The zero-order valence-corrected chi connectivity index (χ0v) is 16.1. The SMILES string of the molecule is O=C1C(=O)N(Cc2ccncc2)C(c2ccncc2)/C1=C(/O)c1cccc([N+](=O)[O-])c1. The first-order valence-electron chi connectivity index (χ1n) is 9.29.